The van der Waals surface area contributed by atoms with Crippen LogP contribution in [-0.2, 0) is 10.1 Å². The molecule has 2 aromatic rings. The third kappa shape index (κ3) is 3.46. The van der Waals surface area contributed by atoms with Crippen LogP contribution in [0.3, 0.4) is 0 Å². The van der Waals surface area contributed by atoms with E-state index in [2.05, 4.69) is 0 Å². The molecule has 0 amide bonds. The number of methoxy groups -OCH3 is 1. The van der Waals surface area contributed by atoms with Gasteiger partial charge in [-0.2, -0.15) is 8.42 Å². The number of aryl methyl sites for hydroxylation is 1. The number of Topliss-reactive ketones (excluding diaryl/α,β-unsaturated/α-hetero) is 1. The molecule has 0 saturated carbocycles. The van der Waals surface area contributed by atoms with E-state index in [0.717, 1.165) is 5.56 Å². The van der Waals surface area contributed by atoms with Crippen LogP contribution in [0.15, 0.2) is 47.4 Å². The molecule has 0 spiro atoms. The zero-order valence-corrected chi connectivity index (χ0v) is 13.3. The largest absolute Gasteiger partial charge is 0.497 e. The van der Waals surface area contributed by atoms with Gasteiger partial charge in [0.2, 0.25) is 0 Å². The van der Waals surface area contributed by atoms with Crippen LogP contribution >= 0.6 is 0 Å². The molecule has 2 aromatic carbocycles. The molecule has 5 nitrogen and oxygen atoms in total. The molecule has 0 atom stereocenters. The highest BCUT2D eigenvalue weighted by Gasteiger charge is 2.20. The van der Waals surface area contributed by atoms with Crippen molar-refractivity contribution in [3.05, 3.63) is 53.6 Å². The fraction of sp³-hybridized carbons (Fsp3) is 0.188. The molecule has 0 unspecified atom stereocenters. The zero-order valence-electron chi connectivity index (χ0n) is 12.5. The SMILES string of the molecule is COc1ccc(C(C)=O)c(OS(=O)(=O)c2ccc(C)cc2)c1. The predicted molar refractivity (Wildman–Crippen MR) is 82.0 cm³/mol. The number of ether oxygens (including phenoxy) is 1. The Morgan fingerprint density at radius 1 is 1.05 bits per heavy atom. The van der Waals surface area contributed by atoms with Crippen LogP contribution in [0.4, 0.5) is 0 Å². The van der Waals surface area contributed by atoms with Crippen LogP contribution in [0.25, 0.3) is 0 Å². The number of hydrogen-bond acceptors (Lipinski definition) is 5. The summed E-state index contributed by atoms with van der Waals surface area (Å²) in [5.41, 5.74) is 1.11. The first-order chi connectivity index (χ1) is 10.3. The molecule has 0 aliphatic rings. The van der Waals surface area contributed by atoms with Crippen LogP contribution in [0.2, 0.25) is 0 Å². The van der Waals surface area contributed by atoms with E-state index in [1.807, 2.05) is 6.92 Å². The van der Waals surface area contributed by atoms with Crippen molar-refractivity contribution in [2.45, 2.75) is 18.7 Å². The van der Waals surface area contributed by atoms with E-state index < -0.39 is 10.1 Å². The Bertz CT molecular complexity index is 792. The molecule has 0 N–H and O–H groups in total. The summed E-state index contributed by atoms with van der Waals surface area (Å²) in [4.78, 5) is 11.6. The van der Waals surface area contributed by atoms with Gasteiger partial charge in [0.1, 0.15) is 10.6 Å². The van der Waals surface area contributed by atoms with E-state index in [1.54, 1.807) is 18.2 Å². The molecule has 116 valence electrons. The van der Waals surface area contributed by atoms with Crippen molar-refractivity contribution < 1.29 is 22.1 Å². The summed E-state index contributed by atoms with van der Waals surface area (Å²) in [5.74, 6) is 0.0586. The van der Waals surface area contributed by atoms with E-state index in [1.165, 1.54) is 38.3 Å². The summed E-state index contributed by atoms with van der Waals surface area (Å²) in [6, 6.07) is 10.7. The summed E-state index contributed by atoms with van der Waals surface area (Å²) >= 11 is 0. The highest BCUT2D eigenvalue weighted by molar-refractivity contribution is 7.87. The zero-order chi connectivity index (χ0) is 16.3. The minimum absolute atomic E-state index is 0.0235. The molecule has 0 aliphatic carbocycles. The maximum absolute atomic E-state index is 12.3. The minimum atomic E-state index is -4.02. The Kier molecular flexibility index (Phi) is 4.51. The van der Waals surface area contributed by atoms with E-state index in [0.29, 0.717) is 5.75 Å². The summed E-state index contributed by atoms with van der Waals surface area (Å²) in [6.07, 6.45) is 0. The lowest BCUT2D eigenvalue weighted by Gasteiger charge is -2.11. The molecule has 0 saturated heterocycles. The average Bonchev–Trinajstić information content (AvgIpc) is 2.46. The van der Waals surface area contributed by atoms with Crippen LogP contribution in [0.1, 0.15) is 22.8 Å². The lowest BCUT2D eigenvalue weighted by atomic mass is 10.1. The molecule has 0 fully saturated rings. The molecule has 22 heavy (non-hydrogen) atoms. The smallest absolute Gasteiger partial charge is 0.339 e. The molecular formula is C16H16O5S. The number of hydrogen-bond donors (Lipinski definition) is 0. The van der Waals surface area contributed by atoms with Gasteiger partial charge in [0.05, 0.1) is 12.7 Å². The van der Waals surface area contributed by atoms with Gasteiger partial charge in [0, 0.05) is 6.07 Å². The van der Waals surface area contributed by atoms with E-state index in [9.17, 15) is 13.2 Å². The Morgan fingerprint density at radius 3 is 2.23 bits per heavy atom. The number of carbonyl (C=O) groups is 1. The highest BCUT2D eigenvalue weighted by atomic mass is 32.2. The summed E-state index contributed by atoms with van der Waals surface area (Å²) < 4.78 is 34.8. The van der Waals surface area contributed by atoms with Gasteiger partial charge in [-0.1, -0.05) is 17.7 Å². The number of benzene rings is 2. The van der Waals surface area contributed by atoms with Gasteiger partial charge in [-0.15, -0.1) is 0 Å². The predicted octanol–water partition coefficient (Wildman–Crippen LogP) is 2.97. The molecule has 2 rings (SSSR count). The number of ketones is 1. The van der Waals surface area contributed by atoms with Gasteiger partial charge in [0.25, 0.3) is 0 Å². The van der Waals surface area contributed by atoms with Gasteiger partial charge in [-0.05, 0) is 38.1 Å². The second-order valence-electron chi connectivity index (χ2n) is 4.77. The summed E-state index contributed by atoms with van der Waals surface area (Å²) in [6.45, 7) is 3.19. The number of rotatable bonds is 5. The van der Waals surface area contributed by atoms with Crippen molar-refractivity contribution in [1.82, 2.24) is 0 Å². The molecule has 0 heterocycles. The fourth-order valence-corrected chi connectivity index (χ4v) is 2.80. The number of carbonyl (C=O) groups excluding carboxylic acids is 1. The van der Waals surface area contributed by atoms with Crippen molar-refractivity contribution >= 4 is 15.9 Å². The van der Waals surface area contributed by atoms with Gasteiger partial charge < -0.3 is 8.92 Å². The molecule has 0 aliphatic heterocycles. The monoisotopic (exact) mass is 320 g/mol. The van der Waals surface area contributed by atoms with Crippen molar-refractivity contribution in [1.29, 1.82) is 0 Å². The van der Waals surface area contributed by atoms with E-state index in [-0.39, 0.29) is 22.0 Å². The molecule has 0 radical (unpaired) electrons. The quantitative estimate of drug-likeness (QED) is 0.626. The molecule has 0 bridgehead atoms. The van der Waals surface area contributed by atoms with E-state index in [4.69, 9.17) is 8.92 Å². The third-order valence-corrected chi connectivity index (χ3v) is 4.33. The lowest BCUT2D eigenvalue weighted by Crippen LogP contribution is -2.12. The molecular weight excluding hydrogens is 304 g/mol. The summed E-state index contributed by atoms with van der Waals surface area (Å²) in [5, 5.41) is 0. The maximum Gasteiger partial charge on any atom is 0.339 e. The van der Waals surface area contributed by atoms with Gasteiger partial charge in [-0.3, -0.25) is 4.79 Å². The van der Waals surface area contributed by atoms with Crippen molar-refractivity contribution in [2.75, 3.05) is 7.11 Å². The minimum Gasteiger partial charge on any atom is -0.497 e. The van der Waals surface area contributed by atoms with Crippen molar-refractivity contribution in [3.8, 4) is 11.5 Å². The van der Waals surface area contributed by atoms with Crippen LogP contribution in [-0.4, -0.2) is 21.3 Å². The molecule has 6 heteroatoms. The maximum atomic E-state index is 12.3. The van der Waals surface area contributed by atoms with Crippen molar-refractivity contribution in [2.24, 2.45) is 0 Å². The van der Waals surface area contributed by atoms with Crippen molar-refractivity contribution in [3.63, 3.8) is 0 Å². The van der Waals surface area contributed by atoms with Crippen LogP contribution in [0.5, 0.6) is 11.5 Å². The first kappa shape index (κ1) is 16.0. The Morgan fingerprint density at radius 2 is 1.68 bits per heavy atom. The first-order valence-electron chi connectivity index (χ1n) is 6.53. The molecule has 0 aromatic heterocycles. The topological polar surface area (TPSA) is 69.7 Å². The van der Waals surface area contributed by atoms with Crippen LogP contribution in [0, 0.1) is 6.92 Å². The third-order valence-electron chi connectivity index (χ3n) is 3.08. The Labute approximate surface area is 129 Å². The lowest BCUT2D eigenvalue weighted by molar-refractivity contribution is 0.101. The van der Waals surface area contributed by atoms with Gasteiger partial charge in [0.15, 0.2) is 11.5 Å². The van der Waals surface area contributed by atoms with Crippen LogP contribution < -0.4 is 8.92 Å². The highest BCUT2D eigenvalue weighted by Crippen LogP contribution is 2.28. The standard InChI is InChI=1S/C16H16O5S/c1-11-4-7-14(8-5-11)22(18,19)21-16-10-13(20-3)6-9-15(16)12(2)17/h4-10H,1-3H3. The normalized spacial score (nSPS) is 11.0. The first-order valence-corrected chi connectivity index (χ1v) is 7.94. The summed E-state index contributed by atoms with van der Waals surface area (Å²) in [7, 11) is -2.57. The fourth-order valence-electron chi connectivity index (χ4n) is 1.86. The Hall–Kier alpha value is -2.34. The average molecular weight is 320 g/mol. The van der Waals surface area contributed by atoms with Gasteiger partial charge in [-0.25, -0.2) is 0 Å². The van der Waals surface area contributed by atoms with Gasteiger partial charge >= 0.3 is 10.1 Å². The second kappa shape index (κ2) is 6.19. The van der Waals surface area contributed by atoms with E-state index >= 15 is 0 Å². The Balaban J connectivity index is 2.44. The second-order valence-corrected chi connectivity index (χ2v) is 6.32.